The van der Waals surface area contributed by atoms with Gasteiger partial charge in [-0.2, -0.15) is 0 Å². The van der Waals surface area contributed by atoms with Crippen LogP contribution in [0.1, 0.15) is 213 Å². The molecule has 0 aliphatic rings. The van der Waals surface area contributed by atoms with Crippen LogP contribution in [0.4, 0.5) is 0 Å². The number of unbranched alkanes of at least 4 members (excludes halogenated alkanes) is 26. The SMILES string of the molecule is CCCCCCCC/C=C/CC/C=C/C(O)C(CO)NC(=O)C(O)CCCCCCCCC/C=C\CCCCCCCCCCCCCC. The standard InChI is InChI=1S/C44H83NO4/c1-3-5-7-9-11-13-15-17-18-19-20-21-22-23-24-25-26-27-29-31-33-35-37-39-43(48)44(49)45-41(40-46)42(47)38-36-34-32-30-28-16-14-12-10-8-6-4-2/h23-24,28,30,36,38,41-43,46-48H,3-22,25-27,29,31-35,37,39-40H2,1-2H3,(H,45,49)/b24-23-,30-28+,38-36+. The number of carbonyl (C=O) groups excluding carboxylic acids is 1. The second-order valence-electron chi connectivity index (χ2n) is 14.5. The molecule has 1 amide bonds. The molecule has 0 saturated heterocycles. The number of carbonyl (C=O) groups is 1. The van der Waals surface area contributed by atoms with E-state index in [2.05, 4.69) is 43.5 Å². The summed E-state index contributed by atoms with van der Waals surface area (Å²) in [7, 11) is 0. The topological polar surface area (TPSA) is 89.8 Å². The maximum atomic E-state index is 12.4. The number of hydrogen-bond acceptors (Lipinski definition) is 4. The van der Waals surface area contributed by atoms with E-state index in [9.17, 15) is 20.1 Å². The predicted molar refractivity (Wildman–Crippen MR) is 213 cm³/mol. The van der Waals surface area contributed by atoms with Crippen LogP contribution in [-0.2, 0) is 4.79 Å². The van der Waals surface area contributed by atoms with Crippen LogP contribution in [0.15, 0.2) is 36.5 Å². The Hall–Kier alpha value is -1.43. The zero-order valence-corrected chi connectivity index (χ0v) is 32.6. The number of hydrogen-bond donors (Lipinski definition) is 4. The maximum absolute atomic E-state index is 12.4. The molecule has 0 aromatic carbocycles. The first-order chi connectivity index (χ1) is 24.1. The van der Waals surface area contributed by atoms with E-state index in [4.69, 9.17) is 0 Å². The molecule has 288 valence electrons. The summed E-state index contributed by atoms with van der Waals surface area (Å²) < 4.78 is 0. The van der Waals surface area contributed by atoms with Gasteiger partial charge in [0.1, 0.15) is 6.10 Å². The van der Waals surface area contributed by atoms with Crippen LogP contribution < -0.4 is 5.32 Å². The van der Waals surface area contributed by atoms with E-state index in [1.807, 2.05) is 6.08 Å². The first-order valence-electron chi connectivity index (χ1n) is 21.3. The van der Waals surface area contributed by atoms with E-state index >= 15 is 0 Å². The molecule has 0 saturated carbocycles. The van der Waals surface area contributed by atoms with E-state index in [-0.39, 0.29) is 6.61 Å². The molecule has 49 heavy (non-hydrogen) atoms. The molecule has 4 N–H and O–H groups in total. The van der Waals surface area contributed by atoms with Crippen LogP contribution in [-0.4, -0.2) is 46.1 Å². The summed E-state index contributed by atoms with van der Waals surface area (Å²) in [5.41, 5.74) is 0. The lowest BCUT2D eigenvalue weighted by Gasteiger charge is -2.21. The van der Waals surface area contributed by atoms with Gasteiger partial charge in [-0.3, -0.25) is 4.79 Å². The molecular formula is C44H83NO4. The quantitative estimate of drug-likeness (QED) is 0.0384. The fourth-order valence-corrected chi connectivity index (χ4v) is 6.31. The number of amides is 1. The summed E-state index contributed by atoms with van der Waals surface area (Å²) in [6.07, 6.45) is 48.9. The van der Waals surface area contributed by atoms with E-state index in [1.54, 1.807) is 6.08 Å². The molecule has 0 radical (unpaired) electrons. The molecule has 0 fully saturated rings. The van der Waals surface area contributed by atoms with Gasteiger partial charge in [-0.1, -0.05) is 192 Å². The number of nitrogens with one attached hydrogen (secondary N) is 1. The number of rotatable bonds is 38. The first kappa shape index (κ1) is 47.6. The van der Waals surface area contributed by atoms with Gasteiger partial charge in [-0.15, -0.1) is 0 Å². The molecule has 3 unspecified atom stereocenters. The average Bonchev–Trinajstić information content (AvgIpc) is 3.11. The molecular weight excluding hydrogens is 606 g/mol. The molecule has 0 spiro atoms. The summed E-state index contributed by atoms with van der Waals surface area (Å²) in [4.78, 5) is 12.4. The Balaban J connectivity index is 3.67. The largest absolute Gasteiger partial charge is 0.394 e. The van der Waals surface area contributed by atoms with Gasteiger partial charge in [-0.05, 0) is 57.8 Å². The van der Waals surface area contributed by atoms with Gasteiger partial charge in [0, 0.05) is 0 Å². The van der Waals surface area contributed by atoms with Crippen molar-refractivity contribution in [2.24, 2.45) is 0 Å². The lowest BCUT2D eigenvalue weighted by Crippen LogP contribution is -2.48. The molecule has 0 bridgehead atoms. The van der Waals surface area contributed by atoms with Crippen LogP contribution in [0.25, 0.3) is 0 Å². The lowest BCUT2D eigenvalue weighted by atomic mass is 10.0. The highest BCUT2D eigenvalue weighted by atomic mass is 16.3. The first-order valence-corrected chi connectivity index (χ1v) is 21.3. The molecule has 0 rings (SSSR count). The molecule has 0 heterocycles. The van der Waals surface area contributed by atoms with Crippen LogP contribution in [0.3, 0.4) is 0 Å². The molecule has 0 aliphatic carbocycles. The van der Waals surface area contributed by atoms with Gasteiger partial charge >= 0.3 is 0 Å². The van der Waals surface area contributed by atoms with Gasteiger partial charge in [0.2, 0.25) is 5.91 Å². The van der Waals surface area contributed by atoms with E-state index in [1.165, 1.54) is 154 Å². The number of aliphatic hydroxyl groups is 3. The van der Waals surface area contributed by atoms with E-state index < -0.39 is 24.2 Å². The Morgan fingerprint density at radius 1 is 0.490 bits per heavy atom. The zero-order valence-electron chi connectivity index (χ0n) is 32.6. The third-order valence-corrected chi connectivity index (χ3v) is 9.70. The minimum atomic E-state index is -1.11. The molecule has 0 aromatic rings. The smallest absolute Gasteiger partial charge is 0.249 e. The zero-order chi connectivity index (χ0) is 35.9. The van der Waals surface area contributed by atoms with Crippen molar-refractivity contribution in [1.29, 1.82) is 0 Å². The third kappa shape index (κ3) is 34.8. The maximum Gasteiger partial charge on any atom is 0.249 e. The van der Waals surface area contributed by atoms with Crippen molar-refractivity contribution in [1.82, 2.24) is 5.32 Å². The molecule has 0 aromatic heterocycles. The Morgan fingerprint density at radius 2 is 0.837 bits per heavy atom. The fourth-order valence-electron chi connectivity index (χ4n) is 6.31. The lowest BCUT2D eigenvalue weighted by molar-refractivity contribution is -0.131. The van der Waals surface area contributed by atoms with Gasteiger partial charge in [-0.25, -0.2) is 0 Å². The third-order valence-electron chi connectivity index (χ3n) is 9.70. The second-order valence-corrected chi connectivity index (χ2v) is 14.5. The van der Waals surface area contributed by atoms with Crippen LogP contribution in [0, 0.1) is 0 Å². The molecule has 5 heteroatoms. The van der Waals surface area contributed by atoms with Gasteiger partial charge in [0.05, 0.1) is 18.8 Å². The monoisotopic (exact) mass is 690 g/mol. The van der Waals surface area contributed by atoms with E-state index in [0.717, 1.165) is 38.5 Å². The van der Waals surface area contributed by atoms with E-state index in [0.29, 0.717) is 6.42 Å². The summed E-state index contributed by atoms with van der Waals surface area (Å²) >= 11 is 0. The Labute approximate surface area is 304 Å². The second kappa shape index (κ2) is 39.4. The van der Waals surface area contributed by atoms with Crippen molar-refractivity contribution >= 4 is 5.91 Å². The van der Waals surface area contributed by atoms with Crippen molar-refractivity contribution < 1.29 is 20.1 Å². The Morgan fingerprint density at radius 3 is 1.24 bits per heavy atom. The van der Waals surface area contributed by atoms with Crippen LogP contribution in [0.2, 0.25) is 0 Å². The molecule has 0 aliphatic heterocycles. The van der Waals surface area contributed by atoms with Crippen molar-refractivity contribution in [3.05, 3.63) is 36.5 Å². The minimum absolute atomic E-state index is 0.378. The highest BCUT2D eigenvalue weighted by Crippen LogP contribution is 2.14. The predicted octanol–water partition coefficient (Wildman–Crippen LogP) is 12.0. The van der Waals surface area contributed by atoms with Gasteiger partial charge < -0.3 is 20.6 Å². The highest BCUT2D eigenvalue weighted by Gasteiger charge is 2.22. The van der Waals surface area contributed by atoms with Gasteiger partial charge in [0.15, 0.2) is 0 Å². The van der Waals surface area contributed by atoms with Gasteiger partial charge in [0.25, 0.3) is 0 Å². The number of aliphatic hydroxyl groups excluding tert-OH is 3. The van der Waals surface area contributed by atoms with Crippen molar-refractivity contribution in [2.45, 2.75) is 231 Å². The normalized spacial score (nSPS) is 14.0. The summed E-state index contributed by atoms with van der Waals surface area (Å²) in [6, 6.07) is -0.814. The summed E-state index contributed by atoms with van der Waals surface area (Å²) in [5, 5.41) is 33.0. The molecule has 3 atom stereocenters. The number of allylic oxidation sites excluding steroid dienone is 5. The molecule has 5 nitrogen and oxygen atoms in total. The highest BCUT2D eigenvalue weighted by molar-refractivity contribution is 5.80. The average molecular weight is 690 g/mol. The summed E-state index contributed by atoms with van der Waals surface area (Å²) in [6.45, 7) is 4.15. The van der Waals surface area contributed by atoms with Crippen LogP contribution >= 0.6 is 0 Å². The Kier molecular flexibility index (Phi) is 38.2. The Bertz CT molecular complexity index is 764. The minimum Gasteiger partial charge on any atom is -0.394 e. The van der Waals surface area contributed by atoms with Crippen molar-refractivity contribution in [3.63, 3.8) is 0 Å². The fraction of sp³-hybridized carbons (Fsp3) is 0.841. The van der Waals surface area contributed by atoms with Crippen molar-refractivity contribution in [2.75, 3.05) is 6.61 Å². The van der Waals surface area contributed by atoms with Crippen molar-refractivity contribution in [3.8, 4) is 0 Å². The van der Waals surface area contributed by atoms with Crippen LogP contribution in [0.5, 0.6) is 0 Å². The summed E-state index contributed by atoms with van der Waals surface area (Å²) in [5.74, 6) is -0.518.